The van der Waals surface area contributed by atoms with E-state index in [0.717, 1.165) is 22.5 Å². The Morgan fingerprint density at radius 1 is 1.18 bits per heavy atom. The summed E-state index contributed by atoms with van der Waals surface area (Å²) in [6.45, 7) is 5.34. The van der Waals surface area contributed by atoms with Gasteiger partial charge in [-0.15, -0.1) is 11.3 Å². The van der Waals surface area contributed by atoms with E-state index in [-0.39, 0.29) is 10.9 Å². The fourth-order valence-electron chi connectivity index (χ4n) is 3.54. The van der Waals surface area contributed by atoms with Crippen molar-refractivity contribution in [2.75, 3.05) is 5.32 Å². The van der Waals surface area contributed by atoms with Crippen molar-refractivity contribution in [1.29, 1.82) is 0 Å². The van der Waals surface area contributed by atoms with Crippen LogP contribution in [0.15, 0.2) is 52.6 Å². The van der Waals surface area contributed by atoms with Gasteiger partial charge in [-0.05, 0) is 44.5 Å². The molecule has 4 rings (SSSR count). The van der Waals surface area contributed by atoms with Crippen LogP contribution in [0, 0.1) is 13.8 Å². The van der Waals surface area contributed by atoms with Crippen LogP contribution in [0.5, 0.6) is 0 Å². The number of carbonyl (C=O) groups is 2. The van der Waals surface area contributed by atoms with Crippen LogP contribution in [0.2, 0.25) is 5.02 Å². The van der Waals surface area contributed by atoms with Crippen LogP contribution >= 0.6 is 22.9 Å². The second kappa shape index (κ2) is 8.80. The molecule has 0 radical (unpaired) electrons. The number of fused-ring (bicyclic) bond motifs is 1. The number of nitrogens with zero attached hydrogens (tertiary/aromatic N) is 2. The summed E-state index contributed by atoms with van der Waals surface area (Å²) >= 11 is 7.25. The first kappa shape index (κ1) is 22.7. The van der Waals surface area contributed by atoms with E-state index in [4.69, 9.17) is 11.6 Å². The molecule has 4 aromatic rings. The summed E-state index contributed by atoms with van der Waals surface area (Å²) in [7, 11) is 0. The van der Waals surface area contributed by atoms with E-state index in [1.54, 1.807) is 31.2 Å². The number of hydrogen-bond acceptors (Lipinski definition) is 5. The van der Waals surface area contributed by atoms with Gasteiger partial charge in [-0.2, -0.15) is 0 Å². The quantitative estimate of drug-likeness (QED) is 0.403. The highest BCUT2D eigenvalue weighted by Gasteiger charge is 2.26. The molecule has 1 amide bonds. The Balaban J connectivity index is 1.88. The van der Waals surface area contributed by atoms with Crippen molar-refractivity contribution in [2.45, 2.75) is 26.8 Å². The fourth-order valence-corrected chi connectivity index (χ4v) is 4.63. The topological polar surface area (TPSA) is 101 Å². The zero-order valence-electron chi connectivity index (χ0n) is 18.0. The Morgan fingerprint density at radius 3 is 2.61 bits per heavy atom. The van der Waals surface area contributed by atoms with Crippen LogP contribution in [0.4, 0.5) is 5.69 Å². The number of thiophene rings is 1. The molecule has 2 aromatic heterocycles. The first-order valence-corrected chi connectivity index (χ1v) is 11.3. The number of carboxylic acids is 1. The molecule has 0 fully saturated rings. The number of aromatic carboxylic acids is 1. The van der Waals surface area contributed by atoms with Gasteiger partial charge in [-0.25, -0.2) is 9.78 Å². The summed E-state index contributed by atoms with van der Waals surface area (Å²) in [5, 5.41) is 14.2. The highest BCUT2D eigenvalue weighted by atomic mass is 35.5. The Morgan fingerprint density at radius 2 is 1.94 bits per heavy atom. The Hall–Kier alpha value is -3.49. The summed E-state index contributed by atoms with van der Waals surface area (Å²) in [5.74, 6) is -1.39. The Bertz CT molecular complexity index is 1470. The minimum atomic E-state index is -1.22. The molecule has 0 spiro atoms. The van der Waals surface area contributed by atoms with Gasteiger partial charge in [0.15, 0.2) is 0 Å². The van der Waals surface area contributed by atoms with Crippen molar-refractivity contribution in [3.05, 3.63) is 79.9 Å². The molecule has 1 atom stereocenters. The number of carbonyl (C=O) groups excluding carboxylic acids is 1. The van der Waals surface area contributed by atoms with Crippen LogP contribution in [-0.2, 0) is 4.79 Å². The van der Waals surface area contributed by atoms with Crippen molar-refractivity contribution < 1.29 is 14.7 Å². The van der Waals surface area contributed by atoms with Gasteiger partial charge in [-0.3, -0.25) is 14.2 Å². The summed E-state index contributed by atoms with van der Waals surface area (Å²) in [5.41, 5.74) is 2.25. The van der Waals surface area contributed by atoms with Gasteiger partial charge in [-0.1, -0.05) is 41.4 Å². The Labute approximate surface area is 198 Å². The van der Waals surface area contributed by atoms with Gasteiger partial charge in [0.25, 0.3) is 5.56 Å². The largest absolute Gasteiger partial charge is 0.478 e. The van der Waals surface area contributed by atoms with Crippen molar-refractivity contribution in [2.24, 2.45) is 0 Å². The normalized spacial score (nSPS) is 12.0. The average Bonchev–Trinajstić information content (AvgIpc) is 3.20. The molecule has 2 heterocycles. The molecule has 1 unspecified atom stereocenters. The van der Waals surface area contributed by atoms with Crippen molar-refractivity contribution in [3.8, 4) is 11.4 Å². The molecule has 33 heavy (non-hydrogen) atoms. The number of halogens is 1. The monoisotopic (exact) mass is 481 g/mol. The highest BCUT2D eigenvalue weighted by Crippen LogP contribution is 2.28. The van der Waals surface area contributed by atoms with Crippen LogP contribution in [0.25, 0.3) is 21.6 Å². The number of aryl methyl sites for hydroxylation is 2. The first-order valence-electron chi connectivity index (χ1n) is 10.1. The summed E-state index contributed by atoms with van der Waals surface area (Å²) in [4.78, 5) is 43.3. The van der Waals surface area contributed by atoms with Crippen molar-refractivity contribution in [3.63, 3.8) is 0 Å². The minimum Gasteiger partial charge on any atom is -0.478 e. The number of amides is 1. The second-order valence-electron chi connectivity index (χ2n) is 7.74. The van der Waals surface area contributed by atoms with Gasteiger partial charge in [0.05, 0.1) is 10.9 Å². The number of carboxylic acid groups (broad SMARTS) is 1. The number of benzene rings is 2. The van der Waals surface area contributed by atoms with Crippen LogP contribution in [-0.4, -0.2) is 26.5 Å². The number of anilines is 1. The number of nitrogens with one attached hydrogen (secondary N) is 1. The van der Waals surface area contributed by atoms with Crippen molar-refractivity contribution in [1.82, 2.24) is 9.55 Å². The lowest BCUT2D eigenvalue weighted by molar-refractivity contribution is -0.118. The summed E-state index contributed by atoms with van der Waals surface area (Å²) in [6, 6.07) is 11.6. The number of hydrogen-bond donors (Lipinski definition) is 2. The molecule has 2 N–H and O–H groups in total. The molecule has 9 heteroatoms. The average molecular weight is 482 g/mol. The van der Waals surface area contributed by atoms with E-state index >= 15 is 0 Å². The maximum Gasteiger partial charge on any atom is 0.337 e. The molecular weight excluding hydrogens is 462 g/mol. The lowest BCUT2D eigenvalue weighted by atomic mass is 10.1. The zero-order valence-corrected chi connectivity index (χ0v) is 19.6. The third-order valence-corrected chi connectivity index (χ3v) is 6.63. The molecule has 2 aromatic carbocycles. The molecular formula is C24H20ClN3O4S. The second-order valence-corrected chi connectivity index (χ2v) is 9.01. The predicted molar refractivity (Wildman–Crippen MR) is 131 cm³/mol. The fraction of sp³-hybridized carbons (Fsp3) is 0.167. The van der Waals surface area contributed by atoms with Crippen LogP contribution in [0.3, 0.4) is 0 Å². The number of rotatable bonds is 5. The van der Waals surface area contributed by atoms with Crippen molar-refractivity contribution >= 4 is 50.7 Å². The van der Waals surface area contributed by atoms with Crippen LogP contribution < -0.4 is 10.9 Å². The Kier molecular flexibility index (Phi) is 6.05. The van der Waals surface area contributed by atoms with E-state index in [1.807, 2.05) is 32.0 Å². The first-order chi connectivity index (χ1) is 15.7. The molecule has 0 aliphatic carbocycles. The maximum absolute atomic E-state index is 13.6. The molecule has 0 saturated carbocycles. The molecule has 168 valence electrons. The van der Waals surface area contributed by atoms with E-state index in [9.17, 15) is 19.5 Å². The van der Waals surface area contributed by atoms with Crippen LogP contribution in [0.1, 0.15) is 34.5 Å². The summed E-state index contributed by atoms with van der Waals surface area (Å²) < 4.78 is 1.25. The van der Waals surface area contributed by atoms with Gasteiger partial charge in [0.2, 0.25) is 5.91 Å². The highest BCUT2D eigenvalue weighted by molar-refractivity contribution is 7.17. The van der Waals surface area contributed by atoms with Gasteiger partial charge >= 0.3 is 5.97 Å². The predicted octanol–water partition coefficient (Wildman–Crippen LogP) is 5.29. The smallest absolute Gasteiger partial charge is 0.337 e. The van der Waals surface area contributed by atoms with Gasteiger partial charge in [0, 0.05) is 21.7 Å². The molecule has 0 aliphatic heterocycles. The van der Waals surface area contributed by atoms with Gasteiger partial charge in [0.1, 0.15) is 16.7 Å². The number of aromatic nitrogens is 2. The molecule has 0 aliphatic rings. The SMILES string of the molecule is Cc1cccc(-c2nc3scc(C(=O)O)c3c(=O)n2C(C)C(=O)Nc2ccc(C)c(Cl)c2)c1. The lowest BCUT2D eigenvalue weighted by Crippen LogP contribution is -2.33. The van der Waals surface area contributed by atoms with E-state index in [2.05, 4.69) is 10.3 Å². The summed E-state index contributed by atoms with van der Waals surface area (Å²) in [6.07, 6.45) is 0. The van der Waals surface area contributed by atoms with E-state index < -0.39 is 23.5 Å². The zero-order chi connectivity index (χ0) is 23.9. The van der Waals surface area contributed by atoms with E-state index in [0.29, 0.717) is 26.9 Å². The third kappa shape index (κ3) is 4.27. The standard InChI is InChI=1S/C24H20ClN3O4S/c1-12-5-4-6-15(9-12)20-27-22-19(17(11-33-22)24(31)32)23(30)28(20)14(3)21(29)26-16-8-7-13(2)18(25)10-16/h4-11,14H,1-3H3,(H,26,29)(H,31,32). The molecule has 0 saturated heterocycles. The third-order valence-electron chi connectivity index (χ3n) is 5.35. The van der Waals surface area contributed by atoms with E-state index in [1.165, 1.54) is 9.95 Å². The molecule has 7 nitrogen and oxygen atoms in total. The molecule has 0 bridgehead atoms. The minimum absolute atomic E-state index is 0.0121. The lowest BCUT2D eigenvalue weighted by Gasteiger charge is -2.19. The maximum atomic E-state index is 13.6. The van der Waals surface area contributed by atoms with Gasteiger partial charge < -0.3 is 10.4 Å².